The molecule has 2 N–H and O–H groups in total. The van der Waals surface area contributed by atoms with E-state index in [1.54, 1.807) is 18.2 Å². The molecule has 0 aromatic heterocycles. The van der Waals surface area contributed by atoms with E-state index in [4.69, 9.17) is 0 Å². The van der Waals surface area contributed by atoms with Crippen LogP contribution in [-0.2, 0) is 6.42 Å². The largest absolute Gasteiger partial charge is 0.507 e. The second-order valence-electron chi connectivity index (χ2n) is 4.62. The Morgan fingerprint density at radius 1 is 1.05 bits per heavy atom. The summed E-state index contributed by atoms with van der Waals surface area (Å²) in [6, 6.07) is 10.8. The maximum Gasteiger partial charge on any atom is 0.123 e. The van der Waals surface area contributed by atoms with Gasteiger partial charge >= 0.3 is 0 Å². The van der Waals surface area contributed by atoms with Gasteiger partial charge in [-0.2, -0.15) is 0 Å². The first-order valence-electron chi connectivity index (χ1n) is 6.54. The van der Waals surface area contributed by atoms with Crippen molar-refractivity contribution in [2.45, 2.75) is 13.3 Å². The minimum Gasteiger partial charge on any atom is -0.507 e. The number of rotatable bonds is 4. The number of phenols is 2. The summed E-state index contributed by atoms with van der Waals surface area (Å²) >= 11 is 0. The molecule has 20 heavy (non-hydrogen) atoms. The first kappa shape index (κ1) is 13.9. The van der Waals surface area contributed by atoms with Gasteiger partial charge in [-0.3, -0.25) is 0 Å². The third kappa shape index (κ3) is 2.91. The van der Waals surface area contributed by atoms with E-state index in [0.29, 0.717) is 0 Å². The standard InChI is InChI=1S/C18H18O2/c1-3-5-13-7-9-18(20)16(11-13)14-8-10-17(19)15(12-14)6-4-2/h3-4,6-12,19-20H,1,5H2,2H3. The molecular weight excluding hydrogens is 248 g/mol. The third-order valence-corrected chi connectivity index (χ3v) is 3.13. The molecule has 0 aliphatic rings. The Morgan fingerprint density at radius 3 is 2.50 bits per heavy atom. The van der Waals surface area contributed by atoms with Crippen LogP contribution in [0.25, 0.3) is 17.2 Å². The molecule has 2 aromatic carbocycles. The molecule has 0 atom stereocenters. The summed E-state index contributed by atoms with van der Waals surface area (Å²) < 4.78 is 0. The molecular formula is C18H18O2. The Morgan fingerprint density at radius 2 is 1.80 bits per heavy atom. The zero-order valence-corrected chi connectivity index (χ0v) is 11.5. The fraction of sp³-hybridized carbons (Fsp3) is 0.111. The Hall–Kier alpha value is -2.48. The zero-order chi connectivity index (χ0) is 14.5. The van der Waals surface area contributed by atoms with Gasteiger partial charge in [0.25, 0.3) is 0 Å². The Balaban J connectivity index is 2.52. The van der Waals surface area contributed by atoms with Crippen LogP contribution in [0.15, 0.2) is 55.1 Å². The van der Waals surface area contributed by atoms with E-state index < -0.39 is 0 Å². The highest BCUT2D eigenvalue weighted by Gasteiger charge is 2.07. The topological polar surface area (TPSA) is 40.5 Å². The number of benzene rings is 2. The molecule has 2 rings (SSSR count). The van der Waals surface area contributed by atoms with Gasteiger partial charge < -0.3 is 10.2 Å². The van der Waals surface area contributed by atoms with Crippen LogP contribution in [0.3, 0.4) is 0 Å². The molecule has 2 aromatic rings. The van der Waals surface area contributed by atoms with Crippen LogP contribution < -0.4 is 0 Å². The molecule has 0 bridgehead atoms. The normalized spacial score (nSPS) is 10.8. The number of phenolic OH excluding ortho intramolecular Hbond substituents is 2. The molecule has 0 aliphatic heterocycles. The number of aromatic hydroxyl groups is 2. The van der Waals surface area contributed by atoms with Crippen LogP contribution in [-0.4, -0.2) is 10.2 Å². The first-order chi connectivity index (χ1) is 9.65. The number of hydrogen-bond donors (Lipinski definition) is 2. The lowest BCUT2D eigenvalue weighted by atomic mass is 9.98. The summed E-state index contributed by atoms with van der Waals surface area (Å²) in [5.74, 6) is 0.462. The summed E-state index contributed by atoms with van der Waals surface area (Å²) in [4.78, 5) is 0. The zero-order valence-electron chi connectivity index (χ0n) is 11.5. The van der Waals surface area contributed by atoms with Gasteiger partial charge in [0.2, 0.25) is 0 Å². The SMILES string of the molecule is C=CCc1ccc(O)c(-c2ccc(O)c(C=CC)c2)c1. The smallest absolute Gasteiger partial charge is 0.123 e. The highest BCUT2D eigenvalue weighted by Crippen LogP contribution is 2.33. The van der Waals surface area contributed by atoms with Crippen molar-refractivity contribution in [3.05, 3.63) is 66.3 Å². The van der Waals surface area contributed by atoms with Crippen LogP contribution in [0.5, 0.6) is 11.5 Å². The summed E-state index contributed by atoms with van der Waals surface area (Å²) in [6.07, 6.45) is 6.29. The summed E-state index contributed by atoms with van der Waals surface area (Å²) in [7, 11) is 0. The lowest BCUT2D eigenvalue weighted by Crippen LogP contribution is -1.86. The predicted molar refractivity (Wildman–Crippen MR) is 83.8 cm³/mol. The lowest BCUT2D eigenvalue weighted by molar-refractivity contribution is 0.473. The Labute approximate surface area is 119 Å². The van der Waals surface area contributed by atoms with E-state index in [1.807, 2.05) is 43.4 Å². The van der Waals surface area contributed by atoms with Gasteiger partial charge in [0.05, 0.1) is 0 Å². The third-order valence-electron chi connectivity index (χ3n) is 3.13. The van der Waals surface area contributed by atoms with Crippen LogP contribution in [0, 0.1) is 0 Å². The fourth-order valence-electron chi connectivity index (χ4n) is 2.14. The molecule has 0 spiro atoms. The van der Waals surface area contributed by atoms with E-state index in [2.05, 4.69) is 6.58 Å². The van der Waals surface area contributed by atoms with Crippen molar-refractivity contribution in [3.63, 3.8) is 0 Å². The fourth-order valence-corrected chi connectivity index (χ4v) is 2.14. The van der Waals surface area contributed by atoms with Crippen LogP contribution in [0.1, 0.15) is 18.1 Å². The van der Waals surface area contributed by atoms with Crippen LogP contribution in [0.4, 0.5) is 0 Å². The molecule has 0 amide bonds. The Kier molecular flexibility index (Phi) is 4.26. The molecule has 0 radical (unpaired) electrons. The second kappa shape index (κ2) is 6.11. The summed E-state index contributed by atoms with van der Waals surface area (Å²) in [6.45, 7) is 5.62. The minimum atomic E-state index is 0.230. The van der Waals surface area contributed by atoms with Gasteiger partial charge in [-0.25, -0.2) is 0 Å². The maximum absolute atomic E-state index is 10.0. The van der Waals surface area contributed by atoms with E-state index in [-0.39, 0.29) is 11.5 Å². The molecule has 102 valence electrons. The monoisotopic (exact) mass is 266 g/mol. The highest BCUT2D eigenvalue weighted by atomic mass is 16.3. The van der Waals surface area contributed by atoms with E-state index in [9.17, 15) is 10.2 Å². The van der Waals surface area contributed by atoms with Gasteiger partial charge in [-0.05, 0) is 48.7 Å². The summed E-state index contributed by atoms with van der Waals surface area (Å²) in [5.41, 5.74) is 3.46. The molecule has 2 heteroatoms. The molecule has 0 saturated carbocycles. The second-order valence-corrected chi connectivity index (χ2v) is 4.62. The van der Waals surface area contributed by atoms with Crippen molar-refractivity contribution in [1.29, 1.82) is 0 Å². The molecule has 0 unspecified atom stereocenters. The summed E-state index contributed by atoms with van der Waals surface area (Å²) in [5, 5.41) is 19.8. The molecule has 2 nitrogen and oxygen atoms in total. The average molecular weight is 266 g/mol. The van der Waals surface area contributed by atoms with Crippen molar-refractivity contribution in [2.24, 2.45) is 0 Å². The molecule has 0 saturated heterocycles. The van der Waals surface area contributed by atoms with Crippen molar-refractivity contribution >= 4 is 6.08 Å². The molecule has 0 heterocycles. The van der Waals surface area contributed by atoms with E-state index in [1.165, 1.54) is 0 Å². The van der Waals surface area contributed by atoms with Crippen molar-refractivity contribution < 1.29 is 10.2 Å². The molecule has 0 fully saturated rings. The lowest BCUT2D eigenvalue weighted by Gasteiger charge is -2.09. The van der Waals surface area contributed by atoms with Crippen molar-refractivity contribution in [1.82, 2.24) is 0 Å². The quantitative estimate of drug-likeness (QED) is 0.798. The highest BCUT2D eigenvalue weighted by molar-refractivity contribution is 5.75. The predicted octanol–water partition coefficient (Wildman–Crippen LogP) is 4.53. The molecule has 0 aliphatic carbocycles. The number of hydrogen-bond acceptors (Lipinski definition) is 2. The van der Waals surface area contributed by atoms with Crippen molar-refractivity contribution in [3.8, 4) is 22.6 Å². The van der Waals surface area contributed by atoms with Crippen LogP contribution >= 0.6 is 0 Å². The van der Waals surface area contributed by atoms with Gasteiger partial charge in [-0.1, -0.05) is 30.4 Å². The number of allylic oxidation sites excluding steroid dienone is 2. The van der Waals surface area contributed by atoms with Gasteiger partial charge in [-0.15, -0.1) is 6.58 Å². The average Bonchev–Trinajstić information content (AvgIpc) is 2.44. The van der Waals surface area contributed by atoms with Gasteiger partial charge in [0.1, 0.15) is 11.5 Å². The van der Waals surface area contributed by atoms with E-state index >= 15 is 0 Å². The van der Waals surface area contributed by atoms with E-state index in [0.717, 1.165) is 28.7 Å². The van der Waals surface area contributed by atoms with Crippen LogP contribution in [0.2, 0.25) is 0 Å². The minimum absolute atomic E-state index is 0.230. The van der Waals surface area contributed by atoms with Gasteiger partial charge in [0.15, 0.2) is 0 Å². The van der Waals surface area contributed by atoms with Crippen molar-refractivity contribution in [2.75, 3.05) is 0 Å². The Bertz CT molecular complexity index is 654. The maximum atomic E-state index is 10.0. The van der Waals surface area contributed by atoms with Gasteiger partial charge in [0, 0.05) is 11.1 Å². The first-order valence-corrected chi connectivity index (χ1v) is 6.54.